The Kier molecular flexibility index (Phi) is 4.61. The monoisotopic (exact) mass is 360 g/mol. The lowest BCUT2D eigenvalue weighted by molar-refractivity contribution is 0.340. The van der Waals surface area contributed by atoms with Gasteiger partial charge in [0.2, 0.25) is 0 Å². The Morgan fingerprint density at radius 3 is 2.71 bits per heavy atom. The number of halogens is 1. The van der Waals surface area contributed by atoms with Crippen LogP contribution in [0.5, 0.6) is 5.75 Å². The number of ether oxygens (including phenoxy) is 1. The Morgan fingerprint density at radius 1 is 1.35 bits per heavy atom. The summed E-state index contributed by atoms with van der Waals surface area (Å²) in [4.78, 5) is 4.30. The highest BCUT2D eigenvalue weighted by Gasteiger charge is 1.99. The summed E-state index contributed by atoms with van der Waals surface area (Å²) in [7, 11) is 0. The van der Waals surface area contributed by atoms with Crippen LogP contribution in [0, 0.1) is 2.88 Å². The molecule has 0 atom stereocenters. The van der Waals surface area contributed by atoms with E-state index in [-0.39, 0.29) is 0 Å². The van der Waals surface area contributed by atoms with Crippen molar-refractivity contribution in [1.29, 1.82) is 0 Å². The molecule has 0 spiro atoms. The topological polar surface area (TPSA) is 34.1 Å². The molecule has 0 aliphatic rings. The van der Waals surface area contributed by atoms with E-state index in [9.17, 15) is 0 Å². The SMILES string of the molecule is CCOc1ccc(NCc2ncc(I)s2)cc1. The number of benzene rings is 1. The van der Waals surface area contributed by atoms with Crippen LogP contribution in [0.3, 0.4) is 0 Å². The predicted molar refractivity (Wildman–Crippen MR) is 79.8 cm³/mol. The quantitative estimate of drug-likeness (QED) is 0.825. The number of rotatable bonds is 5. The highest BCUT2D eigenvalue weighted by atomic mass is 127. The van der Waals surface area contributed by atoms with Gasteiger partial charge in [-0.1, -0.05) is 0 Å². The molecule has 90 valence electrons. The zero-order chi connectivity index (χ0) is 12.1. The zero-order valence-electron chi connectivity index (χ0n) is 9.44. The standard InChI is InChI=1S/C12H13IN2OS/c1-2-16-10-5-3-9(4-6-10)14-8-12-15-7-11(13)17-12/h3-7,14H,2,8H2,1H3. The fraction of sp³-hybridized carbons (Fsp3) is 0.250. The maximum Gasteiger partial charge on any atom is 0.119 e. The van der Waals surface area contributed by atoms with Crippen LogP contribution in [0.2, 0.25) is 0 Å². The number of nitrogens with zero attached hydrogens (tertiary/aromatic N) is 1. The van der Waals surface area contributed by atoms with E-state index in [1.165, 1.54) is 2.88 Å². The summed E-state index contributed by atoms with van der Waals surface area (Å²) in [6.45, 7) is 3.45. The van der Waals surface area contributed by atoms with Crippen molar-refractivity contribution in [3.63, 3.8) is 0 Å². The first kappa shape index (κ1) is 12.6. The van der Waals surface area contributed by atoms with Crippen molar-refractivity contribution in [2.24, 2.45) is 0 Å². The lowest BCUT2D eigenvalue weighted by Crippen LogP contribution is -1.98. The number of anilines is 1. The molecule has 1 aromatic carbocycles. The average Bonchev–Trinajstić information content (AvgIpc) is 2.75. The van der Waals surface area contributed by atoms with Crippen LogP contribution < -0.4 is 10.1 Å². The highest BCUT2D eigenvalue weighted by molar-refractivity contribution is 14.1. The Hall–Kier alpha value is -0.820. The number of aromatic nitrogens is 1. The van der Waals surface area contributed by atoms with E-state index in [0.29, 0.717) is 6.61 Å². The fourth-order valence-corrected chi connectivity index (χ4v) is 2.87. The van der Waals surface area contributed by atoms with Gasteiger partial charge in [0, 0.05) is 5.69 Å². The van der Waals surface area contributed by atoms with Crippen LogP contribution >= 0.6 is 33.9 Å². The van der Waals surface area contributed by atoms with Crippen molar-refractivity contribution < 1.29 is 4.74 Å². The molecule has 0 bridgehead atoms. The summed E-state index contributed by atoms with van der Waals surface area (Å²) >= 11 is 3.99. The van der Waals surface area contributed by atoms with E-state index < -0.39 is 0 Å². The molecular weight excluding hydrogens is 347 g/mol. The largest absolute Gasteiger partial charge is 0.494 e. The third-order valence-electron chi connectivity index (χ3n) is 2.13. The maximum absolute atomic E-state index is 5.39. The minimum absolute atomic E-state index is 0.699. The molecule has 0 saturated carbocycles. The Labute approximate surface area is 118 Å². The van der Waals surface area contributed by atoms with Gasteiger partial charge in [0.25, 0.3) is 0 Å². The molecule has 2 rings (SSSR count). The molecule has 3 nitrogen and oxygen atoms in total. The van der Waals surface area contributed by atoms with Crippen molar-refractivity contribution in [3.8, 4) is 5.75 Å². The molecule has 0 saturated heterocycles. The molecule has 2 aromatic rings. The first-order valence-electron chi connectivity index (χ1n) is 5.35. The molecule has 0 amide bonds. The Morgan fingerprint density at radius 2 is 2.12 bits per heavy atom. The zero-order valence-corrected chi connectivity index (χ0v) is 12.4. The highest BCUT2D eigenvalue weighted by Crippen LogP contribution is 2.18. The lowest BCUT2D eigenvalue weighted by Gasteiger charge is -2.06. The second-order valence-electron chi connectivity index (χ2n) is 3.37. The third kappa shape index (κ3) is 3.85. The molecule has 0 unspecified atom stereocenters. The van der Waals surface area contributed by atoms with E-state index in [2.05, 4.69) is 32.9 Å². The number of nitrogens with one attached hydrogen (secondary N) is 1. The summed E-state index contributed by atoms with van der Waals surface area (Å²) in [5, 5.41) is 4.43. The molecule has 1 N–H and O–H groups in total. The van der Waals surface area contributed by atoms with Crippen LogP contribution in [0.25, 0.3) is 0 Å². The lowest BCUT2D eigenvalue weighted by atomic mass is 10.3. The van der Waals surface area contributed by atoms with Gasteiger partial charge in [-0.25, -0.2) is 4.98 Å². The minimum Gasteiger partial charge on any atom is -0.494 e. The number of thiazole rings is 1. The second-order valence-corrected chi connectivity index (χ2v) is 6.38. The van der Waals surface area contributed by atoms with Gasteiger partial charge in [-0.05, 0) is 53.8 Å². The van der Waals surface area contributed by atoms with Crippen molar-refractivity contribution in [2.75, 3.05) is 11.9 Å². The van der Waals surface area contributed by atoms with Gasteiger partial charge in [-0.15, -0.1) is 11.3 Å². The van der Waals surface area contributed by atoms with E-state index in [1.54, 1.807) is 11.3 Å². The Bertz CT molecular complexity index is 470. The van der Waals surface area contributed by atoms with Crippen molar-refractivity contribution in [3.05, 3.63) is 38.4 Å². The molecule has 17 heavy (non-hydrogen) atoms. The Balaban J connectivity index is 1.90. The maximum atomic E-state index is 5.39. The van der Waals surface area contributed by atoms with Gasteiger partial charge >= 0.3 is 0 Å². The summed E-state index contributed by atoms with van der Waals surface area (Å²) in [5.74, 6) is 0.904. The van der Waals surface area contributed by atoms with E-state index in [0.717, 1.165) is 23.0 Å². The van der Waals surface area contributed by atoms with Gasteiger partial charge in [0.1, 0.15) is 10.8 Å². The van der Waals surface area contributed by atoms with Crippen LogP contribution in [0.4, 0.5) is 5.69 Å². The van der Waals surface area contributed by atoms with Gasteiger partial charge in [-0.2, -0.15) is 0 Å². The van der Waals surface area contributed by atoms with Crippen LogP contribution in [-0.4, -0.2) is 11.6 Å². The molecule has 0 aliphatic carbocycles. The fourth-order valence-electron chi connectivity index (χ4n) is 1.38. The van der Waals surface area contributed by atoms with Crippen molar-refractivity contribution in [2.45, 2.75) is 13.5 Å². The minimum atomic E-state index is 0.699. The van der Waals surface area contributed by atoms with Gasteiger partial charge in [0.05, 0.1) is 22.2 Å². The second kappa shape index (κ2) is 6.20. The molecule has 0 fully saturated rings. The number of hydrogen-bond acceptors (Lipinski definition) is 4. The summed E-state index contributed by atoms with van der Waals surface area (Å²) in [5.41, 5.74) is 1.08. The van der Waals surface area contributed by atoms with Crippen molar-refractivity contribution in [1.82, 2.24) is 4.98 Å². The summed E-state index contributed by atoms with van der Waals surface area (Å²) in [6, 6.07) is 7.97. The van der Waals surface area contributed by atoms with E-state index >= 15 is 0 Å². The van der Waals surface area contributed by atoms with Crippen LogP contribution in [-0.2, 0) is 6.54 Å². The summed E-state index contributed by atoms with van der Waals surface area (Å²) in [6.07, 6.45) is 1.89. The summed E-state index contributed by atoms with van der Waals surface area (Å²) < 4.78 is 6.60. The van der Waals surface area contributed by atoms with Gasteiger partial charge in [-0.3, -0.25) is 0 Å². The van der Waals surface area contributed by atoms with Crippen LogP contribution in [0.15, 0.2) is 30.5 Å². The predicted octanol–water partition coefficient (Wildman–Crippen LogP) is 3.76. The van der Waals surface area contributed by atoms with Gasteiger partial charge in [0.15, 0.2) is 0 Å². The molecule has 1 heterocycles. The average molecular weight is 360 g/mol. The molecule has 0 aliphatic heterocycles. The van der Waals surface area contributed by atoms with E-state index in [4.69, 9.17) is 4.74 Å². The first-order chi connectivity index (χ1) is 8.28. The first-order valence-corrected chi connectivity index (χ1v) is 7.24. The normalized spacial score (nSPS) is 10.2. The number of hydrogen-bond donors (Lipinski definition) is 1. The molecular formula is C12H13IN2OS. The third-order valence-corrected chi connectivity index (χ3v) is 3.86. The molecule has 0 radical (unpaired) electrons. The van der Waals surface area contributed by atoms with E-state index in [1.807, 2.05) is 37.4 Å². The molecule has 5 heteroatoms. The smallest absolute Gasteiger partial charge is 0.119 e. The molecule has 1 aromatic heterocycles. The van der Waals surface area contributed by atoms with Crippen molar-refractivity contribution >= 4 is 39.6 Å². The van der Waals surface area contributed by atoms with Gasteiger partial charge < -0.3 is 10.1 Å². The van der Waals surface area contributed by atoms with Crippen LogP contribution in [0.1, 0.15) is 11.9 Å².